The molecule has 0 radical (unpaired) electrons. The molecule has 0 saturated carbocycles. The van der Waals surface area contributed by atoms with Gasteiger partial charge in [0, 0.05) is 4.90 Å². The number of benzene rings is 2. The van der Waals surface area contributed by atoms with Crippen LogP contribution in [0.25, 0.3) is 11.6 Å². The van der Waals surface area contributed by atoms with Crippen LogP contribution in [0.5, 0.6) is 0 Å². The molecule has 2 aromatic rings. The summed E-state index contributed by atoms with van der Waals surface area (Å²) >= 11 is 1.97. The van der Waals surface area contributed by atoms with E-state index in [9.17, 15) is 0 Å². The second kappa shape index (κ2) is 3.02. The van der Waals surface area contributed by atoms with Crippen LogP contribution in [0.4, 0.5) is 0 Å². The lowest BCUT2D eigenvalue weighted by molar-refractivity contribution is 1.40. The molecule has 4 rings (SSSR count). The molecule has 76 valence electrons. The predicted molar refractivity (Wildman–Crippen MR) is 68.8 cm³/mol. The highest BCUT2D eigenvalue weighted by Crippen LogP contribution is 2.44. The minimum Gasteiger partial charge on any atom is -0.113 e. The monoisotopic (exact) mass is 222 g/mol. The second-order valence-corrected chi connectivity index (χ2v) is 5.39. The summed E-state index contributed by atoms with van der Waals surface area (Å²) in [6, 6.07) is 17.4. The van der Waals surface area contributed by atoms with Crippen LogP contribution in [0.2, 0.25) is 0 Å². The SMILES string of the molecule is C1=c2ccccc2=C2c3ccccc3SC12. The van der Waals surface area contributed by atoms with Crippen molar-refractivity contribution in [2.75, 3.05) is 0 Å². The molecule has 16 heavy (non-hydrogen) atoms. The smallest absolute Gasteiger partial charge is 0.0546 e. The highest BCUT2D eigenvalue weighted by molar-refractivity contribution is 8.01. The van der Waals surface area contributed by atoms with Crippen LogP contribution in [-0.2, 0) is 0 Å². The van der Waals surface area contributed by atoms with E-state index in [4.69, 9.17) is 0 Å². The van der Waals surface area contributed by atoms with Gasteiger partial charge in [-0.15, -0.1) is 11.8 Å². The fourth-order valence-electron chi connectivity index (χ4n) is 2.61. The van der Waals surface area contributed by atoms with E-state index < -0.39 is 0 Å². The molecule has 0 saturated heterocycles. The molecule has 1 heterocycles. The number of hydrogen-bond acceptors (Lipinski definition) is 1. The fourth-order valence-corrected chi connectivity index (χ4v) is 3.93. The molecule has 1 aliphatic carbocycles. The molecule has 0 nitrogen and oxygen atoms in total. The Hall–Kier alpha value is -1.47. The van der Waals surface area contributed by atoms with Crippen molar-refractivity contribution in [2.45, 2.75) is 10.1 Å². The van der Waals surface area contributed by atoms with Crippen LogP contribution in [0, 0.1) is 0 Å². The van der Waals surface area contributed by atoms with Crippen molar-refractivity contribution < 1.29 is 0 Å². The molecule has 2 aromatic carbocycles. The third kappa shape index (κ3) is 1.01. The topological polar surface area (TPSA) is 0 Å². The van der Waals surface area contributed by atoms with Gasteiger partial charge in [0.25, 0.3) is 0 Å². The first-order valence-corrected chi connectivity index (χ1v) is 6.38. The third-order valence-electron chi connectivity index (χ3n) is 3.30. The lowest BCUT2D eigenvalue weighted by atomic mass is 10.0. The highest BCUT2D eigenvalue weighted by atomic mass is 32.2. The quantitative estimate of drug-likeness (QED) is 0.658. The van der Waals surface area contributed by atoms with Gasteiger partial charge in [0.2, 0.25) is 0 Å². The average molecular weight is 222 g/mol. The zero-order chi connectivity index (χ0) is 10.5. The van der Waals surface area contributed by atoms with Gasteiger partial charge in [0.15, 0.2) is 0 Å². The van der Waals surface area contributed by atoms with Gasteiger partial charge in [-0.3, -0.25) is 0 Å². The van der Waals surface area contributed by atoms with Gasteiger partial charge >= 0.3 is 0 Å². The highest BCUT2D eigenvalue weighted by Gasteiger charge is 2.28. The van der Waals surface area contributed by atoms with E-state index in [1.807, 2.05) is 11.8 Å². The molecule has 2 aliphatic rings. The Morgan fingerprint density at radius 2 is 1.69 bits per heavy atom. The van der Waals surface area contributed by atoms with Crippen molar-refractivity contribution >= 4 is 23.4 Å². The molecule has 0 amide bonds. The number of rotatable bonds is 0. The summed E-state index contributed by atoms with van der Waals surface area (Å²) in [5, 5.41) is 3.35. The van der Waals surface area contributed by atoms with E-state index in [1.165, 1.54) is 26.5 Å². The standard InChI is InChI=1S/C15H10S/c1-2-6-11-10(5-1)9-14-15(11)12-7-3-4-8-13(12)16-14/h1-9,14H. The van der Waals surface area contributed by atoms with Gasteiger partial charge in [0.05, 0.1) is 5.25 Å². The molecule has 0 aromatic heterocycles. The van der Waals surface area contributed by atoms with Gasteiger partial charge < -0.3 is 0 Å². The van der Waals surface area contributed by atoms with E-state index in [-0.39, 0.29) is 0 Å². The van der Waals surface area contributed by atoms with Gasteiger partial charge in [-0.25, -0.2) is 0 Å². The van der Waals surface area contributed by atoms with E-state index in [2.05, 4.69) is 54.6 Å². The number of hydrogen-bond donors (Lipinski definition) is 0. The molecule has 0 fully saturated rings. The average Bonchev–Trinajstić information content (AvgIpc) is 2.83. The lowest BCUT2D eigenvalue weighted by Crippen LogP contribution is -2.22. The Labute approximate surface area is 98.3 Å². The molecule has 1 aliphatic heterocycles. The maximum Gasteiger partial charge on any atom is 0.0546 e. The van der Waals surface area contributed by atoms with Gasteiger partial charge in [-0.05, 0) is 27.6 Å². The number of thioether (sulfide) groups is 1. The van der Waals surface area contributed by atoms with Crippen LogP contribution in [0.15, 0.2) is 53.4 Å². The first kappa shape index (κ1) is 8.66. The van der Waals surface area contributed by atoms with E-state index in [0.717, 1.165) is 0 Å². The Balaban J connectivity index is 2.16. The minimum absolute atomic E-state index is 0.537. The Morgan fingerprint density at radius 1 is 0.875 bits per heavy atom. The third-order valence-corrected chi connectivity index (χ3v) is 4.53. The van der Waals surface area contributed by atoms with E-state index in [1.54, 1.807) is 0 Å². The normalized spacial score (nSPS) is 20.0. The summed E-state index contributed by atoms with van der Waals surface area (Å²) in [7, 11) is 0. The van der Waals surface area contributed by atoms with Crippen molar-refractivity contribution in [1.82, 2.24) is 0 Å². The van der Waals surface area contributed by atoms with Gasteiger partial charge in [-0.1, -0.05) is 48.5 Å². The molecule has 1 atom stereocenters. The fraction of sp³-hybridized carbons (Fsp3) is 0.0667. The summed E-state index contributed by atoms with van der Waals surface area (Å²) in [5.41, 5.74) is 2.94. The van der Waals surface area contributed by atoms with Crippen molar-refractivity contribution in [1.29, 1.82) is 0 Å². The molecule has 0 N–H and O–H groups in total. The van der Waals surface area contributed by atoms with Gasteiger partial charge in [-0.2, -0.15) is 0 Å². The Morgan fingerprint density at radius 3 is 2.69 bits per heavy atom. The van der Waals surface area contributed by atoms with Gasteiger partial charge in [0.1, 0.15) is 0 Å². The summed E-state index contributed by atoms with van der Waals surface area (Å²) in [4.78, 5) is 1.42. The van der Waals surface area contributed by atoms with Crippen LogP contribution in [0.1, 0.15) is 5.56 Å². The van der Waals surface area contributed by atoms with E-state index >= 15 is 0 Å². The maximum absolute atomic E-state index is 2.38. The minimum atomic E-state index is 0.537. The lowest BCUT2D eigenvalue weighted by Gasteiger charge is -1.99. The van der Waals surface area contributed by atoms with Crippen molar-refractivity contribution in [2.24, 2.45) is 0 Å². The molecule has 1 heteroatoms. The largest absolute Gasteiger partial charge is 0.113 e. The molecule has 0 bridgehead atoms. The Kier molecular flexibility index (Phi) is 1.63. The predicted octanol–water partition coefficient (Wildman–Crippen LogP) is 2.15. The maximum atomic E-state index is 2.38. The Bertz CT molecular complexity index is 697. The summed E-state index contributed by atoms with van der Waals surface area (Å²) < 4.78 is 0. The molecular weight excluding hydrogens is 212 g/mol. The summed E-state index contributed by atoms with van der Waals surface area (Å²) in [5.74, 6) is 0. The van der Waals surface area contributed by atoms with Crippen molar-refractivity contribution in [3.05, 3.63) is 64.5 Å². The first-order valence-electron chi connectivity index (χ1n) is 5.51. The van der Waals surface area contributed by atoms with Crippen LogP contribution < -0.4 is 10.4 Å². The molecule has 1 unspecified atom stereocenters. The van der Waals surface area contributed by atoms with Crippen LogP contribution >= 0.6 is 11.8 Å². The van der Waals surface area contributed by atoms with Crippen molar-refractivity contribution in [3.63, 3.8) is 0 Å². The molecule has 0 spiro atoms. The summed E-state index contributed by atoms with van der Waals surface area (Å²) in [6.07, 6.45) is 2.38. The summed E-state index contributed by atoms with van der Waals surface area (Å²) in [6.45, 7) is 0. The number of fused-ring (bicyclic) bond motifs is 4. The molecular formula is C15H10S. The van der Waals surface area contributed by atoms with Crippen LogP contribution in [0.3, 0.4) is 0 Å². The van der Waals surface area contributed by atoms with Crippen LogP contribution in [-0.4, -0.2) is 5.25 Å². The first-order chi connectivity index (χ1) is 7.93. The van der Waals surface area contributed by atoms with E-state index in [0.29, 0.717) is 5.25 Å². The zero-order valence-corrected chi connectivity index (χ0v) is 9.50. The second-order valence-electron chi connectivity index (χ2n) is 4.20. The zero-order valence-electron chi connectivity index (χ0n) is 8.68. The van der Waals surface area contributed by atoms with Crippen molar-refractivity contribution in [3.8, 4) is 0 Å².